The minimum absolute atomic E-state index is 0.166. The van der Waals surface area contributed by atoms with E-state index in [1.165, 1.54) is 11.3 Å². The zero-order valence-electron chi connectivity index (χ0n) is 10.2. The lowest BCUT2D eigenvalue weighted by Crippen LogP contribution is -2.35. The van der Waals surface area contributed by atoms with E-state index in [0.717, 1.165) is 13.1 Å². The lowest BCUT2D eigenvalue weighted by Gasteiger charge is -2.21. The van der Waals surface area contributed by atoms with Crippen molar-refractivity contribution in [1.82, 2.24) is 5.32 Å². The predicted octanol–water partition coefficient (Wildman–Crippen LogP) is 3.01. The summed E-state index contributed by atoms with van der Waals surface area (Å²) in [6, 6.07) is 8.44. The Morgan fingerprint density at radius 1 is 1.13 bits per heavy atom. The summed E-state index contributed by atoms with van der Waals surface area (Å²) in [5.41, 5.74) is 2.73. The third-order valence-electron chi connectivity index (χ3n) is 2.19. The van der Waals surface area contributed by atoms with Gasteiger partial charge in [-0.2, -0.15) is 0 Å². The van der Waals surface area contributed by atoms with Crippen LogP contribution in [0, 0.1) is 0 Å². The maximum atomic E-state index is 3.50. The third-order valence-corrected chi connectivity index (χ3v) is 2.19. The maximum Gasteiger partial charge on any atom is 0.0385 e. The van der Waals surface area contributed by atoms with Crippen LogP contribution in [-0.4, -0.2) is 12.1 Å². The average Bonchev–Trinajstić information content (AvgIpc) is 2.16. The Kier molecular flexibility index (Phi) is 4.15. The van der Waals surface area contributed by atoms with Crippen molar-refractivity contribution in [2.24, 2.45) is 0 Å². The van der Waals surface area contributed by atoms with E-state index >= 15 is 0 Å². The molecule has 0 radical (unpaired) electrons. The van der Waals surface area contributed by atoms with E-state index in [4.69, 9.17) is 0 Å². The van der Waals surface area contributed by atoms with E-state index in [0.29, 0.717) is 0 Å². The summed E-state index contributed by atoms with van der Waals surface area (Å²) in [6.45, 7) is 10.5. The number of para-hydroxylation sites is 1. The maximum absolute atomic E-state index is 3.50. The van der Waals surface area contributed by atoms with Crippen LogP contribution in [0.2, 0.25) is 0 Å². The van der Waals surface area contributed by atoms with Crippen LogP contribution < -0.4 is 10.6 Å². The monoisotopic (exact) mass is 206 g/mol. The zero-order chi connectivity index (χ0) is 11.3. The van der Waals surface area contributed by atoms with Gasteiger partial charge in [-0.25, -0.2) is 0 Å². The Balaban J connectivity index is 2.67. The molecule has 2 N–H and O–H groups in total. The normalized spacial score (nSPS) is 11.5. The standard InChI is InChI=1S/C13H22N2/c1-5-14-12-9-7-6-8-11(12)10-15-13(2,3)4/h6-9,14-15H,5,10H2,1-4H3. The van der Waals surface area contributed by atoms with E-state index in [1.807, 2.05) is 0 Å². The minimum Gasteiger partial charge on any atom is -0.385 e. The fourth-order valence-corrected chi connectivity index (χ4v) is 1.40. The van der Waals surface area contributed by atoms with Crippen molar-refractivity contribution >= 4 is 5.69 Å². The number of hydrogen-bond acceptors (Lipinski definition) is 2. The van der Waals surface area contributed by atoms with Gasteiger partial charge in [0.15, 0.2) is 0 Å². The average molecular weight is 206 g/mol. The van der Waals surface area contributed by atoms with Crippen LogP contribution in [0.15, 0.2) is 24.3 Å². The van der Waals surface area contributed by atoms with Crippen molar-refractivity contribution in [2.45, 2.75) is 39.8 Å². The van der Waals surface area contributed by atoms with Crippen molar-refractivity contribution in [3.05, 3.63) is 29.8 Å². The first-order chi connectivity index (χ1) is 7.03. The van der Waals surface area contributed by atoms with Crippen LogP contribution in [0.1, 0.15) is 33.3 Å². The smallest absolute Gasteiger partial charge is 0.0385 e. The largest absolute Gasteiger partial charge is 0.385 e. The van der Waals surface area contributed by atoms with E-state index in [2.05, 4.69) is 62.6 Å². The number of benzene rings is 1. The molecule has 0 amide bonds. The van der Waals surface area contributed by atoms with E-state index in [1.54, 1.807) is 0 Å². The van der Waals surface area contributed by atoms with Crippen LogP contribution in [0.25, 0.3) is 0 Å². The first-order valence-corrected chi connectivity index (χ1v) is 5.60. The molecule has 0 saturated heterocycles. The van der Waals surface area contributed by atoms with Gasteiger partial charge in [-0.3, -0.25) is 0 Å². The quantitative estimate of drug-likeness (QED) is 0.791. The SMILES string of the molecule is CCNc1ccccc1CNC(C)(C)C. The van der Waals surface area contributed by atoms with Crippen LogP contribution in [0.3, 0.4) is 0 Å². The third kappa shape index (κ3) is 4.34. The number of rotatable bonds is 4. The fraction of sp³-hybridized carbons (Fsp3) is 0.538. The van der Waals surface area contributed by atoms with Crippen molar-refractivity contribution in [3.63, 3.8) is 0 Å². The van der Waals surface area contributed by atoms with Crippen molar-refractivity contribution in [3.8, 4) is 0 Å². The number of anilines is 1. The highest BCUT2D eigenvalue weighted by Crippen LogP contribution is 2.15. The number of hydrogen-bond donors (Lipinski definition) is 2. The van der Waals surface area contributed by atoms with Gasteiger partial charge in [0.2, 0.25) is 0 Å². The van der Waals surface area contributed by atoms with E-state index < -0.39 is 0 Å². The lowest BCUT2D eigenvalue weighted by atomic mass is 10.1. The molecular weight excluding hydrogens is 184 g/mol. The van der Waals surface area contributed by atoms with E-state index in [9.17, 15) is 0 Å². The van der Waals surface area contributed by atoms with Gasteiger partial charge in [0.25, 0.3) is 0 Å². The second-order valence-corrected chi connectivity index (χ2v) is 4.79. The van der Waals surface area contributed by atoms with Crippen LogP contribution in [-0.2, 0) is 6.54 Å². The van der Waals surface area contributed by atoms with Gasteiger partial charge in [0.05, 0.1) is 0 Å². The predicted molar refractivity (Wildman–Crippen MR) is 67.2 cm³/mol. The van der Waals surface area contributed by atoms with Crippen LogP contribution in [0.5, 0.6) is 0 Å². The van der Waals surface area contributed by atoms with Gasteiger partial charge >= 0.3 is 0 Å². The molecular formula is C13H22N2. The molecule has 0 spiro atoms. The molecule has 0 aliphatic heterocycles. The summed E-state index contributed by atoms with van der Waals surface area (Å²) >= 11 is 0. The Morgan fingerprint density at radius 3 is 2.40 bits per heavy atom. The second-order valence-electron chi connectivity index (χ2n) is 4.79. The summed E-state index contributed by atoms with van der Waals surface area (Å²) in [5.74, 6) is 0. The molecule has 0 fully saturated rings. The van der Waals surface area contributed by atoms with Crippen molar-refractivity contribution in [2.75, 3.05) is 11.9 Å². The molecule has 1 aromatic carbocycles. The highest BCUT2D eigenvalue weighted by molar-refractivity contribution is 5.50. The van der Waals surface area contributed by atoms with Crippen LogP contribution in [0.4, 0.5) is 5.69 Å². The fourth-order valence-electron chi connectivity index (χ4n) is 1.40. The van der Waals surface area contributed by atoms with Crippen molar-refractivity contribution < 1.29 is 0 Å². The molecule has 0 unspecified atom stereocenters. The summed E-state index contributed by atoms with van der Waals surface area (Å²) in [6.07, 6.45) is 0. The van der Waals surface area contributed by atoms with Gasteiger partial charge in [0.1, 0.15) is 0 Å². The molecule has 0 bridgehead atoms. The Morgan fingerprint density at radius 2 is 1.80 bits per heavy atom. The highest BCUT2D eigenvalue weighted by Gasteiger charge is 2.09. The molecule has 0 saturated carbocycles. The topological polar surface area (TPSA) is 24.1 Å². The molecule has 1 rings (SSSR count). The van der Waals surface area contributed by atoms with E-state index in [-0.39, 0.29) is 5.54 Å². The summed E-state index contributed by atoms with van der Waals surface area (Å²) in [4.78, 5) is 0. The Bertz CT molecular complexity index is 300. The van der Waals surface area contributed by atoms with Gasteiger partial charge in [0, 0.05) is 24.3 Å². The van der Waals surface area contributed by atoms with Crippen molar-refractivity contribution in [1.29, 1.82) is 0 Å². The molecule has 0 atom stereocenters. The molecule has 84 valence electrons. The molecule has 2 nitrogen and oxygen atoms in total. The Hall–Kier alpha value is -1.02. The second kappa shape index (κ2) is 5.17. The molecule has 0 aromatic heterocycles. The van der Waals surface area contributed by atoms with Crippen LogP contribution >= 0.6 is 0 Å². The summed E-state index contributed by atoms with van der Waals surface area (Å²) in [5, 5.41) is 6.87. The molecule has 1 aromatic rings. The lowest BCUT2D eigenvalue weighted by molar-refractivity contribution is 0.424. The molecule has 0 aliphatic carbocycles. The number of nitrogens with one attached hydrogen (secondary N) is 2. The molecule has 0 heterocycles. The molecule has 15 heavy (non-hydrogen) atoms. The van der Waals surface area contributed by atoms with Gasteiger partial charge in [-0.05, 0) is 39.3 Å². The first kappa shape index (κ1) is 12.1. The first-order valence-electron chi connectivity index (χ1n) is 5.60. The molecule has 0 aliphatic rings. The Labute approximate surface area is 93.1 Å². The highest BCUT2D eigenvalue weighted by atomic mass is 14.9. The van der Waals surface area contributed by atoms with Gasteiger partial charge in [-0.15, -0.1) is 0 Å². The summed E-state index contributed by atoms with van der Waals surface area (Å²) < 4.78 is 0. The van der Waals surface area contributed by atoms with Gasteiger partial charge in [-0.1, -0.05) is 18.2 Å². The molecule has 2 heteroatoms. The minimum atomic E-state index is 0.166. The zero-order valence-corrected chi connectivity index (χ0v) is 10.2. The summed E-state index contributed by atoms with van der Waals surface area (Å²) in [7, 11) is 0. The van der Waals surface area contributed by atoms with Gasteiger partial charge < -0.3 is 10.6 Å².